The van der Waals surface area contributed by atoms with Gasteiger partial charge in [0.25, 0.3) is 0 Å². The molecule has 1 atom stereocenters. The fourth-order valence-corrected chi connectivity index (χ4v) is 6.07. The molecule has 0 fully saturated rings. The molecule has 3 aliphatic rings. The van der Waals surface area contributed by atoms with Gasteiger partial charge in [-0.25, -0.2) is 0 Å². The smallest absolute Gasteiger partial charge is 0.0909 e. The molecule has 0 saturated carbocycles. The number of benzene rings is 2. The van der Waals surface area contributed by atoms with Gasteiger partial charge in [-0.1, -0.05) is 118 Å². The van der Waals surface area contributed by atoms with E-state index in [9.17, 15) is 0 Å². The molecule has 5 rings (SSSR count). The molecule has 0 radical (unpaired) electrons. The second-order valence-corrected chi connectivity index (χ2v) is 11.2. The van der Waals surface area contributed by atoms with E-state index in [-0.39, 0.29) is 8.06 Å². The summed E-state index contributed by atoms with van der Waals surface area (Å²) in [5.41, 5.74) is 7.07. The highest BCUT2D eigenvalue weighted by Gasteiger charge is 2.47. The summed E-state index contributed by atoms with van der Waals surface area (Å²) in [6.07, 6.45) is 2.41. The first-order chi connectivity index (χ1) is 11.1. The van der Waals surface area contributed by atoms with Crippen molar-refractivity contribution in [2.75, 3.05) is 5.33 Å². The summed E-state index contributed by atoms with van der Waals surface area (Å²) in [7, 11) is 0. The number of hydrogen-bond donors (Lipinski definition) is 0. The number of alkyl halides is 4. The third-order valence-corrected chi connectivity index (χ3v) is 8.62. The molecular formula is C19H14Br4. The highest BCUT2D eigenvalue weighted by molar-refractivity contribution is 9.24. The van der Waals surface area contributed by atoms with Crippen molar-refractivity contribution in [3.8, 4) is 0 Å². The number of hydrogen-bond acceptors (Lipinski definition) is 0. The van der Waals surface area contributed by atoms with Crippen molar-refractivity contribution >= 4 is 63.7 Å². The van der Waals surface area contributed by atoms with E-state index in [2.05, 4.69) is 118 Å². The third-order valence-electron chi connectivity index (χ3n) is 4.91. The summed E-state index contributed by atoms with van der Waals surface area (Å²) in [6.45, 7) is 0. The quantitative estimate of drug-likeness (QED) is 0.278. The largest absolute Gasteiger partial charge is 0.0916 e. The molecular weight excluding hydrogens is 548 g/mol. The first kappa shape index (κ1) is 16.6. The topological polar surface area (TPSA) is 0 Å². The van der Waals surface area contributed by atoms with Crippen LogP contribution in [0.2, 0.25) is 0 Å². The molecule has 23 heavy (non-hydrogen) atoms. The van der Waals surface area contributed by atoms with E-state index in [0.717, 1.165) is 5.33 Å². The predicted octanol–water partition coefficient (Wildman–Crippen LogP) is 6.85. The molecule has 0 spiro atoms. The van der Waals surface area contributed by atoms with E-state index in [1.54, 1.807) is 0 Å². The van der Waals surface area contributed by atoms with Gasteiger partial charge in [0.1, 0.15) is 0 Å². The lowest BCUT2D eigenvalue weighted by atomic mass is 9.70. The second kappa shape index (κ2) is 6.12. The molecule has 1 unspecified atom stereocenters. The number of rotatable bonds is 2. The minimum Gasteiger partial charge on any atom is -0.0909 e. The Morgan fingerprint density at radius 3 is 1.78 bits per heavy atom. The Kier molecular flexibility index (Phi) is 4.41. The van der Waals surface area contributed by atoms with Gasteiger partial charge in [-0.15, -0.1) is 0 Å². The van der Waals surface area contributed by atoms with Crippen molar-refractivity contribution in [2.24, 2.45) is 0 Å². The van der Waals surface area contributed by atoms with Crippen LogP contribution in [0.15, 0.2) is 60.2 Å². The maximum Gasteiger partial charge on any atom is 0.0916 e. The fourth-order valence-electron chi connectivity index (χ4n) is 4.03. The van der Waals surface area contributed by atoms with Gasteiger partial charge in [-0.05, 0) is 27.8 Å². The van der Waals surface area contributed by atoms with Crippen molar-refractivity contribution in [1.82, 2.24) is 0 Å². The van der Waals surface area contributed by atoms with Crippen LogP contribution >= 0.6 is 63.7 Å². The van der Waals surface area contributed by atoms with E-state index in [1.165, 1.54) is 27.8 Å². The van der Waals surface area contributed by atoms with Crippen LogP contribution in [-0.2, 0) is 0 Å². The lowest BCUT2D eigenvalue weighted by molar-refractivity contribution is 0.683. The summed E-state index contributed by atoms with van der Waals surface area (Å²) in [5, 5.41) is 0.857. The molecule has 0 amide bonds. The standard InChI is InChI=1S/C19H14Br4/c20-10-19(23)9-15(18(21)22)16-11-5-1-3-7-13(11)17(19)14-8-4-2-6-12(14)16/h1-9,16-18H,10H2. The summed E-state index contributed by atoms with van der Waals surface area (Å²) in [6, 6.07) is 17.8. The van der Waals surface area contributed by atoms with Crippen LogP contribution in [0.4, 0.5) is 0 Å². The molecule has 3 aliphatic carbocycles. The van der Waals surface area contributed by atoms with Gasteiger partial charge in [-0.3, -0.25) is 0 Å². The number of allylic oxidation sites excluding steroid dienone is 2. The summed E-state index contributed by atoms with van der Waals surface area (Å²) >= 11 is 15.4. The van der Waals surface area contributed by atoms with E-state index < -0.39 is 0 Å². The summed E-state index contributed by atoms with van der Waals surface area (Å²) in [4.78, 5) is 0. The normalized spacial score (nSPS) is 28.1. The molecule has 2 bridgehead atoms. The maximum atomic E-state index is 4.08. The van der Waals surface area contributed by atoms with E-state index >= 15 is 0 Å². The highest BCUT2D eigenvalue weighted by Crippen LogP contribution is 2.58. The average molecular weight is 562 g/mol. The van der Waals surface area contributed by atoms with Gasteiger partial charge in [0, 0.05) is 17.2 Å². The van der Waals surface area contributed by atoms with Crippen LogP contribution in [0, 0.1) is 0 Å². The molecule has 0 saturated heterocycles. The van der Waals surface area contributed by atoms with Crippen LogP contribution in [0.5, 0.6) is 0 Å². The van der Waals surface area contributed by atoms with Crippen molar-refractivity contribution in [2.45, 2.75) is 19.9 Å². The minimum absolute atomic E-state index is 0.139. The molecule has 0 heterocycles. The molecule has 0 N–H and O–H groups in total. The Hall–Kier alpha value is 0.100. The first-order valence-electron chi connectivity index (χ1n) is 7.50. The van der Waals surface area contributed by atoms with Crippen LogP contribution in [-0.4, -0.2) is 13.4 Å². The molecule has 0 aliphatic heterocycles. The zero-order valence-corrected chi connectivity index (χ0v) is 18.5. The van der Waals surface area contributed by atoms with Crippen molar-refractivity contribution < 1.29 is 0 Å². The number of fused-ring (bicyclic) bond motifs is 1. The first-order valence-corrected chi connectivity index (χ1v) is 11.2. The van der Waals surface area contributed by atoms with Crippen LogP contribution in [0.3, 0.4) is 0 Å². The SMILES string of the molecule is BrCC1(Br)C=C(C(Br)Br)C2c3ccccc3C1c1ccccc12. The van der Waals surface area contributed by atoms with Crippen LogP contribution < -0.4 is 0 Å². The van der Waals surface area contributed by atoms with Crippen molar-refractivity contribution in [3.05, 3.63) is 82.4 Å². The summed E-state index contributed by atoms with van der Waals surface area (Å²) < 4.78 is 0.00786. The van der Waals surface area contributed by atoms with E-state index in [0.29, 0.717) is 11.8 Å². The highest BCUT2D eigenvalue weighted by atomic mass is 79.9. The van der Waals surface area contributed by atoms with Gasteiger partial charge in [-0.2, -0.15) is 0 Å². The second-order valence-electron chi connectivity index (χ2n) is 6.13. The Balaban J connectivity index is 2.12. The predicted molar refractivity (Wildman–Crippen MR) is 112 cm³/mol. The van der Waals surface area contributed by atoms with Gasteiger partial charge in [0.05, 0.1) is 8.06 Å². The molecule has 4 heteroatoms. The Morgan fingerprint density at radius 1 is 0.870 bits per heavy atom. The Labute approximate surface area is 170 Å². The minimum atomic E-state index is -0.139. The zero-order chi connectivity index (χ0) is 16.2. The van der Waals surface area contributed by atoms with Gasteiger partial charge >= 0.3 is 0 Å². The lowest BCUT2D eigenvalue weighted by Gasteiger charge is -2.37. The molecule has 118 valence electrons. The van der Waals surface area contributed by atoms with E-state index in [4.69, 9.17) is 0 Å². The molecule has 0 aromatic heterocycles. The lowest BCUT2D eigenvalue weighted by Crippen LogP contribution is -2.31. The molecule has 0 nitrogen and oxygen atoms in total. The Morgan fingerprint density at radius 2 is 1.35 bits per heavy atom. The Bertz CT molecular complexity index is 748. The monoisotopic (exact) mass is 558 g/mol. The van der Waals surface area contributed by atoms with Gasteiger partial charge in [0.15, 0.2) is 0 Å². The van der Waals surface area contributed by atoms with Crippen molar-refractivity contribution in [3.63, 3.8) is 0 Å². The van der Waals surface area contributed by atoms with Gasteiger partial charge in [0.2, 0.25) is 0 Å². The van der Waals surface area contributed by atoms with E-state index in [1.807, 2.05) is 0 Å². The zero-order valence-electron chi connectivity index (χ0n) is 12.1. The third kappa shape index (κ3) is 2.47. The average Bonchev–Trinajstić information content (AvgIpc) is 2.76. The number of halogens is 4. The van der Waals surface area contributed by atoms with Crippen molar-refractivity contribution in [1.29, 1.82) is 0 Å². The fraction of sp³-hybridized carbons (Fsp3) is 0.263. The van der Waals surface area contributed by atoms with Crippen LogP contribution in [0.1, 0.15) is 34.1 Å². The molecule has 2 aromatic rings. The maximum absolute atomic E-state index is 4.08. The summed E-state index contributed by atoms with van der Waals surface area (Å²) in [5.74, 6) is 0.600. The molecule has 2 aromatic carbocycles. The van der Waals surface area contributed by atoms with Gasteiger partial charge < -0.3 is 0 Å². The van der Waals surface area contributed by atoms with Crippen LogP contribution in [0.25, 0.3) is 0 Å².